The quantitative estimate of drug-likeness (QED) is 0.850. The molecular formula is C21H31N3S. The van der Waals surface area contributed by atoms with Gasteiger partial charge in [0.15, 0.2) is 0 Å². The summed E-state index contributed by atoms with van der Waals surface area (Å²) in [4.78, 5) is 7.41. The molecule has 2 aromatic rings. The molecule has 2 heterocycles. The summed E-state index contributed by atoms with van der Waals surface area (Å²) in [5, 5.41) is 1.15. The highest BCUT2D eigenvalue weighted by atomic mass is 32.1. The third-order valence-corrected chi connectivity index (χ3v) is 5.82. The van der Waals surface area contributed by atoms with Gasteiger partial charge < -0.3 is 10.6 Å². The summed E-state index contributed by atoms with van der Waals surface area (Å²) in [7, 11) is 0. The van der Waals surface area contributed by atoms with Crippen LogP contribution < -0.4 is 5.73 Å². The maximum Gasteiger partial charge on any atom is 0.117 e. The predicted molar refractivity (Wildman–Crippen MR) is 110 cm³/mol. The largest absolute Gasteiger partial charge is 0.325 e. The van der Waals surface area contributed by atoms with Crippen molar-refractivity contribution >= 4 is 27.6 Å². The minimum absolute atomic E-state index is 0.175. The van der Waals surface area contributed by atoms with E-state index < -0.39 is 0 Å². The van der Waals surface area contributed by atoms with Crippen LogP contribution in [0.4, 0.5) is 0 Å². The average Bonchev–Trinajstić information content (AvgIpc) is 2.73. The van der Waals surface area contributed by atoms with Gasteiger partial charge in [-0.2, -0.15) is 0 Å². The molecule has 0 radical (unpaired) electrons. The Hall–Kier alpha value is -1.23. The van der Waals surface area contributed by atoms with E-state index in [2.05, 4.69) is 56.9 Å². The molecule has 1 aromatic carbocycles. The molecule has 0 unspecified atom stereocenters. The van der Waals surface area contributed by atoms with Crippen LogP contribution in [0.1, 0.15) is 57.5 Å². The zero-order valence-corrected chi connectivity index (χ0v) is 16.8. The van der Waals surface area contributed by atoms with Crippen molar-refractivity contribution in [2.75, 3.05) is 13.1 Å². The van der Waals surface area contributed by atoms with Crippen LogP contribution in [0.3, 0.4) is 0 Å². The first-order valence-corrected chi connectivity index (χ1v) is 10.2. The molecule has 1 aliphatic rings. The third kappa shape index (κ3) is 5.13. The highest BCUT2D eigenvalue weighted by molar-refractivity contribution is 7.19. The second-order valence-electron chi connectivity index (χ2n) is 8.31. The first-order chi connectivity index (χ1) is 11.8. The van der Waals surface area contributed by atoms with Crippen LogP contribution in [0.25, 0.3) is 16.3 Å². The van der Waals surface area contributed by atoms with Crippen LogP contribution in [-0.2, 0) is 6.42 Å². The molecule has 3 nitrogen and oxygen atoms in total. The molecule has 1 aromatic heterocycles. The maximum absolute atomic E-state index is 6.16. The molecule has 0 amide bonds. The van der Waals surface area contributed by atoms with Gasteiger partial charge >= 0.3 is 0 Å². The number of hydrogen-bond donors (Lipinski definition) is 1. The number of hydrogen-bond acceptors (Lipinski definition) is 4. The first-order valence-electron chi connectivity index (χ1n) is 9.42. The highest BCUT2D eigenvalue weighted by Crippen LogP contribution is 2.28. The lowest BCUT2D eigenvalue weighted by Gasteiger charge is -2.23. The molecule has 4 heteroatoms. The molecule has 1 saturated heterocycles. The SMILES string of the molecule is CC(C)N1CCC/C(=C/c2nc3ccc(CC(C)(C)N)cc3s2)CC1. The Labute approximate surface area is 155 Å². The average molecular weight is 358 g/mol. The van der Waals surface area contributed by atoms with E-state index in [-0.39, 0.29) is 5.54 Å². The van der Waals surface area contributed by atoms with E-state index in [0.29, 0.717) is 6.04 Å². The third-order valence-electron chi connectivity index (χ3n) is 4.85. The lowest BCUT2D eigenvalue weighted by molar-refractivity contribution is 0.232. The molecule has 1 fully saturated rings. The minimum atomic E-state index is -0.175. The molecular weight excluding hydrogens is 326 g/mol. The van der Waals surface area contributed by atoms with E-state index in [0.717, 1.165) is 16.9 Å². The fourth-order valence-electron chi connectivity index (χ4n) is 3.55. The molecule has 0 saturated carbocycles. The van der Waals surface area contributed by atoms with Crippen LogP contribution in [0, 0.1) is 0 Å². The second-order valence-corrected chi connectivity index (χ2v) is 9.37. The fourth-order valence-corrected chi connectivity index (χ4v) is 4.58. The van der Waals surface area contributed by atoms with Crippen LogP contribution in [0.5, 0.6) is 0 Å². The van der Waals surface area contributed by atoms with Crippen molar-refractivity contribution in [1.29, 1.82) is 0 Å². The van der Waals surface area contributed by atoms with Gasteiger partial charge in [0.25, 0.3) is 0 Å². The van der Waals surface area contributed by atoms with Crippen LogP contribution in [0.2, 0.25) is 0 Å². The van der Waals surface area contributed by atoms with Gasteiger partial charge in [-0.25, -0.2) is 4.98 Å². The Kier molecular flexibility index (Phi) is 5.62. The summed E-state index contributed by atoms with van der Waals surface area (Å²) < 4.78 is 1.27. The normalized spacial score (nSPS) is 19.0. The summed E-state index contributed by atoms with van der Waals surface area (Å²) in [6.45, 7) is 11.1. The number of rotatable bonds is 4. The van der Waals surface area contributed by atoms with Gasteiger partial charge in [0.05, 0.1) is 10.2 Å². The molecule has 25 heavy (non-hydrogen) atoms. The molecule has 2 N–H and O–H groups in total. The number of thiazole rings is 1. The summed E-state index contributed by atoms with van der Waals surface area (Å²) in [6.07, 6.45) is 6.85. The van der Waals surface area contributed by atoms with Crippen molar-refractivity contribution in [2.45, 2.75) is 65.0 Å². The first kappa shape index (κ1) is 18.6. The summed E-state index contributed by atoms with van der Waals surface area (Å²) >= 11 is 1.80. The van der Waals surface area contributed by atoms with Gasteiger partial charge in [-0.1, -0.05) is 11.6 Å². The van der Waals surface area contributed by atoms with E-state index in [1.165, 1.54) is 42.6 Å². The van der Waals surface area contributed by atoms with Crippen molar-refractivity contribution in [3.05, 3.63) is 34.3 Å². The molecule has 136 valence electrons. The van der Waals surface area contributed by atoms with Gasteiger partial charge in [-0.05, 0) is 83.7 Å². The Morgan fingerprint density at radius 3 is 2.80 bits per heavy atom. The fraction of sp³-hybridized carbons (Fsp3) is 0.571. The van der Waals surface area contributed by atoms with Gasteiger partial charge in [-0.15, -0.1) is 11.3 Å². The van der Waals surface area contributed by atoms with Gasteiger partial charge in [0.1, 0.15) is 5.01 Å². The number of benzene rings is 1. The molecule has 1 aliphatic heterocycles. The summed E-state index contributed by atoms with van der Waals surface area (Å²) in [5.41, 5.74) is 9.93. The van der Waals surface area contributed by atoms with E-state index in [9.17, 15) is 0 Å². The molecule has 0 spiro atoms. The van der Waals surface area contributed by atoms with Crippen molar-refractivity contribution < 1.29 is 0 Å². The van der Waals surface area contributed by atoms with Gasteiger partial charge in [0.2, 0.25) is 0 Å². The smallest absolute Gasteiger partial charge is 0.117 e. The maximum atomic E-state index is 6.16. The molecule has 0 bridgehead atoms. The van der Waals surface area contributed by atoms with E-state index in [1.807, 2.05) is 0 Å². The Morgan fingerprint density at radius 1 is 1.28 bits per heavy atom. The zero-order chi connectivity index (χ0) is 18.0. The minimum Gasteiger partial charge on any atom is -0.325 e. The van der Waals surface area contributed by atoms with E-state index >= 15 is 0 Å². The second kappa shape index (κ2) is 7.56. The molecule has 0 aliphatic carbocycles. The number of fused-ring (bicyclic) bond motifs is 1. The highest BCUT2D eigenvalue weighted by Gasteiger charge is 2.15. The lowest BCUT2D eigenvalue weighted by atomic mass is 9.96. The van der Waals surface area contributed by atoms with Crippen molar-refractivity contribution in [3.63, 3.8) is 0 Å². The Morgan fingerprint density at radius 2 is 2.08 bits per heavy atom. The van der Waals surface area contributed by atoms with Crippen LogP contribution in [0.15, 0.2) is 23.8 Å². The van der Waals surface area contributed by atoms with Gasteiger partial charge in [0, 0.05) is 18.1 Å². The Balaban J connectivity index is 1.77. The Bertz CT molecular complexity index is 752. The zero-order valence-electron chi connectivity index (χ0n) is 16.0. The van der Waals surface area contributed by atoms with Gasteiger partial charge in [-0.3, -0.25) is 0 Å². The monoisotopic (exact) mass is 357 g/mol. The number of nitrogens with zero attached hydrogens (tertiary/aromatic N) is 2. The molecule has 0 atom stereocenters. The lowest BCUT2D eigenvalue weighted by Crippen LogP contribution is -2.34. The molecule has 3 rings (SSSR count). The number of aromatic nitrogens is 1. The standard InChI is InChI=1S/C21H31N3S/c1-15(2)24-10-5-6-16(9-11-24)13-20-23-18-8-7-17(12-19(18)25-20)14-21(3,4)22/h7-8,12-13,15H,5-6,9-11,14,22H2,1-4H3/b16-13-. The number of nitrogens with two attached hydrogens (primary N) is 1. The summed E-state index contributed by atoms with van der Waals surface area (Å²) in [6, 6.07) is 7.21. The van der Waals surface area contributed by atoms with E-state index in [1.54, 1.807) is 16.9 Å². The van der Waals surface area contributed by atoms with Crippen LogP contribution in [-0.4, -0.2) is 34.6 Å². The van der Waals surface area contributed by atoms with Crippen molar-refractivity contribution in [2.24, 2.45) is 5.73 Å². The topological polar surface area (TPSA) is 42.2 Å². The predicted octanol–water partition coefficient (Wildman–Crippen LogP) is 4.85. The van der Waals surface area contributed by atoms with Crippen LogP contribution >= 0.6 is 11.3 Å². The van der Waals surface area contributed by atoms with E-state index in [4.69, 9.17) is 10.7 Å². The number of likely N-dealkylation sites (tertiary alicyclic amines) is 1. The van der Waals surface area contributed by atoms with Crippen molar-refractivity contribution in [3.8, 4) is 0 Å². The van der Waals surface area contributed by atoms with Crippen molar-refractivity contribution in [1.82, 2.24) is 9.88 Å². The summed E-state index contributed by atoms with van der Waals surface area (Å²) in [5.74, 6) is 0.